The van der Waals surface area contributed by atoms with E-state index in [-0.39, 0.29) is 6.04 Å². The van der Waals surface area contributed by atoms with Crippen LogP contribution in [0.1, 0.15) is 23.4 Å². The fraction of sp³-hybridized carbons (Fsp3) is 0.400. The van der Waals surface area contributed by atoms with Gasteiger partial charge in [-0.15, -0.1) is 0 Å². The van der Waals surface area contributed by atoms with Gasteiger partial charge in [0.05, 0.1) is 5.69 Å². The molecule has 0 fully saturated rings. The number of fused-ring (bicyclic) bond motifs is 1. The summed E-state index contributed by atoms with van der Waals surface area (Å²) in [6.07, 6.45) is 3.03. The van der Waals surface area contributed by atoms with Crippen molar-refractivity contribution < 1.29 is 0 Å². The van der Waals surface area contributed by atoms with E-state index < -0.39 is 0 Å². The van der Waals surface area contributed by atoms with Crippen LogP contribution in [0.4, 0.5) is 0 Å². The van der Waals surface area contributed by atoms with Crippen molar-refractivity contribution in [3.8, 4) is 11.4 Å². The lowest BCUT2D eigenvalue weighted by Gasteiger charge is -2.17. The molecule has 1 atom stereocenters. The monoisotopic (exact) mass is 241 g/mol. The van der Waals surface area contributed by atoms with Crippen LogP contribution in [0, 0.1) is 6.92 Å². The van der Waals surface area contributed by atoms with Gasteiger partial charge in [0, 0.05) is 30.8 Å². The van der Waals surface area contributed by atoms with E-state index in [0.29, 0.717) is 0 Å². The molecular formula is C15H19N3. The van der Waals surface area contributed by atoms with Gasteiger partial charge in [-0.2, -0.15) is 0 Å². The number of hydrogen-bond donors (Lipinski definition) is 1. The third-order valence-electron chi connectivity index (χ3n) is 3.78. The highest BCUT2D eigenvalue weighted by Crippen LogP contribution is 2.26. The lowest BCUT2D eigenvalue weighted by molar-refractivity contribution is 0.554. The molecule has 1 unspecified atom stereocenters. The van der Waals surface area contributed by atoms with E-state index in [1.807, 2.05) is 0 Å². The van der Waals surface area contributed by atoms with E-state index >= 15 is 0 Å². The first kappa shape index (κ1) is 11.5. The van der Waals surface area contributed by atoms with E-state index in [4.69, 9.17) is 10.7 Å². The molecule has 3 nitrogen and oxygen atoms in total. The molecule has 1 aromatic heterocycles. The van der Waals surface area contributed by atoms with Crippen LogP contribution in [-0.2, 0) is 19.9 Å². The topological polar surface area (TPSA) is 43.8 Å². The molecule has 1 heterocycles. The zero-order valence-electron chi connectivity index (χ0n) is 11.0. The molecule has 0 spiro atoms. The number of aryl methyl sites for hydroxylation is 1. The third kappa shape index (κ3) is 1.85. The minimum atomic E-state index is 0.276. The molecule has 0 radical (unpaired) electrons. The van der Waals surface area contributed by atoms with E-state index in [0.717, 1.165) is 25.1 Å². The van der Waals surface area contributed by atoms with E-state index in [2.05, 4.69) is 42.8 Å². The minimum absolute atomic E-state index is 0.276. The van der Waals surface area contributed by atoms with Crippen molar-refractivity contribution in [1.82, 2.24) is 9.55 Å². The number of aromatic nitrogens is 2. The Labute approximate surface area is 108 Å². The molecule has 0 saturated heterocycles. The lowest BCUT2D eigenvalue weighted by Crippen LogP contribution is -2.28. The first-order chi connectivity index (χ1) is 8.65. The summed E-state index contributed by atoms with van der Waals surface area (Å²) in [7, 11) is 2.11. The normalized spacial score (nSPS) is 18.7. The maximum absolute atomic E-state index is 6.02. The number of nitrogens with zero attached hydrogens (tertiary/aromatic N) is 2. The summed E-state index contributed by atoms with van der Waals surface area (Å²) in [6, 6.07) is 8.79. The first-order valence-corrected chi connectivity index (χ1v) is 6.52. The highest BCUT2D eigenvalue weighted by Gasteiger charge is 2.22. The number of hydrogen-bond acceptors (Lipinski definition) is 2. The average Bonchev–Trinajstić information content (AvgIpc) is 2.66. The van der Waals surface area contributed by atoms with Gasteiger partial charge in [-0.05, 0) is 25.8 Å². The fourth-order valence-electron chi connectivity index (χ4n) is 2.78. The number of rotatable bonds is 1. The molecule has 3 heteroatoms. The molecule has 2 N–H and O–H groups in total. The van der Waals surface area contributed by atoms with Gasteiger partial charge in [0.2, 0.25) is 0 Å². The molecule has 0 saturated carbocycles. The third-order valence-corrected chi connectivity index (χ3v) is 3.78. The number of benzene rings is 1. The van der Waals surface area contributed by atoms with Crippen LogP contribution in [0.5, 0.6) is 0 Å². The largest absolute Gasteiger partial charge is 0.331 e. The summed E-state index contributed by atoms with van der Waals surface area (Å²) in [4.78, 5) is 4.80. The van der Waals surface area contributed by atoms with Gasteiger partial charge in [-0.25, -0.2) is 4.98 Å². The van der Waals surface area contributed by atoms with Gasteiger partial charge < -0.3 is 10.3 Å². The van der Waals surface area contributed by atoms with Crippen molar-refractivity contribution in [2.24, 2.45) is 12.8 Å². The van der Waals surface area contributed by atoms with Gasteiger partial charge in [-0.1, -0.05) is 23.8 Å². The predicted molar refractivity (Wildman–Crippen MR) is 73.4 cm³/mol. The Morgan fingerprint density at radius 1 is 1.39 bits per heavy atom. The molecule has 1 aliphatic rings. The fourth-order valence-corrected chi connectivity index (χ4v) is 2.78. The number of nitrogens with two attached hydrogens (primary N) is 1. The maximum Gasteiger partial charge on any atom is 0.140 e. The van der Waals surface area contributed by atoms with Gasteiger partial charge in [0.25, 0.3) is 0 Å². The number of imidazole rings is 1. The average molecular weight is 241 g/mol. The van der Waals surface area contributed by atoms with Crippen molar-refractivity contribution >= 4 is 0 Å². The van der Waals surface area contributed by atoms with Crippen molar-refractivity contribution in [3.63, 3.8) is 0 Å². The molecule has 0 amide bonds. The van der Waals surface area contributed by atoms with Crippen LogP contribution >= 0.6 is 0 Å². The molecule has 0 aliphatic heterocycles. The summed E-state index contributed by atoms with van der Waals surface area (Å²) in [5.74, 6) is 1.07. The SMILES string of the molecule is Cc1cccc(-c2nc3c(n2C)CCC(N)C3)c1. The Morgan fingerprint density at radius 3 is 3.00 bits per heavy atom. The quantitative estimate of drug-likeness (QED) is 0.832. The van der Waals surface area contributed by atoms with Gasteiger partial charge >= 0.3 is 0 Å². The molecule has 3 rings (SSSR count). The highest BCUT2D eigenvalue weighted by molar-refractivity contribution is 5.58. The van der Waals surface area contributed by atoms with Crippen molar-refractivity contribution in [2.75, 3.05) is 0 Å². The minimum Gasteiger partial charge on any atom is -0.331 e. The van der Waals surface area contributed by atoms with Crippen molar-refractivity contribution in [1.29, 1.82) is 0 Å². The summed E-state index contributed by atoms with van der Waals surface area (Å²) >= 11 is 0. The van der Waals surface area contributed by atoms with Crippen LogP contribution in [0.3, 0.4) is 0 Å². The lowest BCUT2D eigenvalue weighted by atomic mass is 9.97. The van der Waals surface area contributed by atoms with Gasteiger partial charge in [-0.3, -0.25) is 0 Å². The Bertz CT molecular complexity index is 583. The molecule has 1 aliphatic carbocycles. The van der Waals surface area contributed by atoms with Crippen LogP contribution in [0.15, 0.2) is 24.3 Å². The zero-order valence-corrected chi connectivity index (χ0v) is 11.0. The van der Waals surface area contributed by atoms with Crippen LogP contribution < -0.4 is 5.73 Å². The zero-order chi connectivity index (χ0) is 12.7. The second kappa shape index (κ2) is 4.25. The van der Waals surface area contributed by atoms with E-state index in [1.165, 1.54) is 22.5 Å². The smallest absolute Gasteiger partial charge is 0.140 e. The Hall–Kier alpha value is -1.61. The maximum atomic E-state index is 6.02. The summed E-state index contributed by atoms with van der Waals surface area (Å²) in [5.41, 5.74) is 11.0. The second-order valence-electron chi connectivity index (χ2n) is 5.26. The highest BCUT2D eigenvalue weighted by atomic mass is 15.1. The molecule has 0 bridgehead atoms. The Balaban J connectivity index is 2.09. The Morgan fingerprint density at radius 2 is 2.22 bits per heavy atom. The summed E-state index contributed by atoms with van der Waals surface area (Å²) < 4.78 is 2.23. The van der Waals surface area contributed by atoms with Crippen LogP contribution in [0.2, 0.25) is 0 Å². The van der Waals surface area contributed by atoms with Crippen molar-refractivity contribution in [3.05, 3.63) is 41.2 Å². The summed E-state index contributed by atoms with van der Waals surface area (Å²) in [5, 5.41) is 0. The standard InChI is InChI=1S/C15H19N3/c1-10-4-3-5-11(8-10)15-17-13-9-12(16)6-7-14(13)18(15)2/h3-5,8,12H,6-7,9,16H2,1-2H3. The molecule has 18 heavy (non-hydrogen) atoms. The molecular weight excluding hydrogens is 222 g/mol. The van der Waals surface area contributed by atoms with Gasteiger partial charge in [0.1, 0.15) is 5.82 Å². The second-order valence-corrected chi connectivity index (χ2v) is 5.26. The van der Waals surface area contributed by atoms with E-state index in [1.54, 1.807) is 0 Å². The molecule has 1 aromatic carbocycles. The Kier molecular flexibility index (Phi) is 2.71. The van der Waals surface area contributed by atoms with E-state index in [9.17, 15) is 0 Å². The van der Waals surface area contributed by atoms with Gasteiger partial charge in [0.15, 0.2) is 0 Å². The summed E-state index contributed by atoms with van der Waals surface area (Å²) in [6.45, 7) is 2.11. The molecule has 2 aromatic rings. The predicted octanol–water partition coefficient (Wildman–Crippen LogP) is 2.21. The van der Waals surface area contributed by atoms with Crippen molar-refractivity contribution in [2.45, 2.75) is 32.2 Å². The first-order valence-electron chi connectivity index (χ1n) is 6.52. The molecule has 94 valence electrons. The van der Waals surface area contributed by atoms with Crippen LogP contribution in [0.25, 0.3) is 11.4 Å². The van der Waals surface area contributed by atoms with Crippen LogP contribution in [-0.4, -0.2) is 15.6 Å².